The van der Waals surface area contributed by atoms with Gasteiger partial charge >= 0.3 is 0 Å². The van der Waals surface area contributed by atoms with E-state index in [-0.39, 0.29) is 11.6 Å². The topological polar surface area (TPSA) is 58.3 Å². The van der Waals surface area contributed by atoms with Crippen LogP contribution in [0, 0.1) is 0 Å². The molecular weight excluding hydrogens is 128 g/mol. The van der Waals surface area contributed by atoms with Gasteiger partial charge in [-0.3, -0.25) is 0 Å². The molecule has 0 saturated heterocycles. The van der Waals surface area contributed by atoms with E-state index in [4.69, 9.17) is 10.8 Å². The fraction of sp³-hybridized carbons (Fsp3) is 1.00. The number of hydrogen-bond acceptors (Lipinski definition) is 3. The van der Waals surface area contributed by atoms with Crippen LogP contribution in [-0.2, 0) is 0 Å². The van der Waals surface area contributed by atoms with Crippen LogP contribution in [0.5, 0.6) is 0 Å². The molecule has 1 aliphatic rings. The third-order valence-electron chi connectivity index (χ3n) is 2.20. The summed E-state index contributed by atoms with van der Waals surface area (Å²) < 4.78 is 0. The van der Waals surface area contributed by atoms with Crippen LogP contribution in [0.3, 0.4) is 0 Å². The first kappa shape index (κ1) is 7.98. The largest absolute Gasteiger partial charge is 0.393 e. The molecule has 0 aromatic carbocycles. The molecule has 0 spiro atoms. The lowest BCUT2D eigenvalue weighted by Gasteiger charge is -2.45. The Morgan fingerprint density at radius 3 is 2.60 bits per heavy atom. The minimum atomic E-state index is -0.123. The van der Waals surface area contributed by atoms with E-state index in [1.807, 2.05) is 0 Å². The first-order chi connectivity index (χ1) is 4.72. The monoisotopic (exact) mass is 144 g/mol. The van der Waals surface area contributed by atoms with Crippen molar-refractivity contribution in [3.05, 3.63) is 0 Å². The van der Waals surface area contributed by atoms with Gasteiger partial charge in [0.2, 0.25) is 0 Å². The lowest BCUT2D eigenvalue weighted by molar-refractivity contribution is 0.00758. The number of aliphatic hydroxyl groups is 1. The summed E-state index contributed by atoms with van der Waals surface area (Å²) in [7, 11) is 0. The second-order valence-electron chi connectivity index (χ2n) is 3.08. The van der Waals surface area contributed by atoms with Crippen molar-refractivity contribution in [2.24, 2.45) is 5.73 Å². The average Bonchev–Trinajstić information content (AvgIpc) is 1.84. The summed E-state index contributed by atoms with van der Waals surface area (Å²) in [6, 6.07) is 0. The Bertz CT molecular complexity index is 105. The maximum absolute atomic E-state index is 9.05. The van der Waals surface area contributed by atoms with Crippen molar-refractivity contribution in [1.82, 2.24) is 5.32 Å². The summed E-state index contributed by atoms with van der Waals surface area (Å²) in [4.78, 5) is 0. The number of nitrogens with two attached hydrogens (primary N) is 1. The predicted molar refractivity (Wildman–Crippen MR) is 40.7 cm³/mol. The van der Waals surface area contributed by atoms with Crippen LogP contribution in [0.1, 0.15) is 19.8 Å². The maximum atomic E-state index is 9.05. The maximum Gasteiger partial charge on any atom is 0.0576 e. The van der Waals surface area contributed by atoms with E-state index < -0.39 is 0 Å². The Kier molecular flexibility index (Phi) is 2.28. The van der Waals surface area contributed by atoms with Crippen molar-refractivity contribution in [3.8, 4) is 0 Å². The van der Waals surface area contributed by atoms with Gasteiger partial charge in [0, 0.05) is 12.1 Å². The first-order valence-corrected chi connectivity index (χ1v) is 3.85. The highest BCUT2D eigenvalue weighted by atomic mass is 16.3. The molecule has 0 heterocycles. The molecule has 0 amide bonds. The molecule has 3 heteroatoms. The standard InChI is InChI=1S/C7H16N2O/c1-2-9-7(5-8)3-6(10)4-7/h6,9-10H,2-5,8H2,1H3. The van der Waals surface area contributed by atoms with Gasteiger partial charge in [0.1, 0.15) is 0 Å². The third kappa shape index (κ3) is 1.31. The highest BCUT2D eigenvalue weighted by molar-refractivity contribution is 5.01. The highest BCUT2D eigenvalue weighted by Crippen LogP contribution is 2.30. The van der Waals surface area contributed by atoms with E-state index in [2.05, 4.69) is 12.2 Å². The summed E-state index contributed by atoms with van der Waals surface area (Å²) in [5.74, 6) is 0. The van der Waals surface area contributed by atoms with E-state index in [0.717, 1.165) is 19.4 Å². The van der Waals surface area contributed by atoms with Gasteiger partial charge in [-0.2, -0.15) is 0 Å². The molecule has 1 saturated carbocycles. The van der Waals surface area contributed by atoms with Crippen LogP contribution < -0.4 is 11.1 Å². The molecule has 0 aromatic heterocycles. The zero-order valence-corrected chi connectivity index (χ0v) is 6.43. The molecule has 0 aliphatic heterocycles. The molecule has 10 heavy (non-hydrogen) atoms. The van der Waals surface area contributed by atoms with Gasteiger partial charge in [-0.15, -0.1) is 0 Å². The molecule has 0 unspecified atom stereocenters. The van der Waals surface area contributed by atoms with Gasteiger partial charge in [0.25, 0.3) is 0 Å². The van der Waals surface area contributed by atoms with E-state index in [1.165, 1.54) is 0 Å². The second-order valence-corrected chi connectivity index (χ2v) is 3.08. The van der Waals surface area contributed by atoms with Gasteiger partial charge < -0.3 is 16.2 Å². The number of nitrogens with one attached hydrogen (secondary N) is 1. The Labute approximate surface area is 61.6 Å². The van der Waals surface area contributed by atoms with Crippen molar-refractivity contribution in [2.75, 3.05) is 13.1 Å². The van der Waals surface area contributed by atoms with E-state index in [9.17, 15) is 0 Å². The summed E-state index contributed by atoms with van der Waals surface area (Å²) in [6.07, 6.45) is 1.51. The molecule has 1 aliphatic carbocycles. The van der Waals surface area contributed by atoms with Crippen LogP contribution in [0.2, 0.25) is 0 Å². The minimum Gasteiger partial charge on any atom is -0.393 e. The van der Waals surface area contributed by atoms with Gasteiger partial charge in [-0.05, 0) is 19.4 Å². The van der Waals surface area contributed by atoms with Crippen molar-refractivity contribution < 1.29 is 5.11 Å². The summed E-state index contributed by atoms with van der Waals surface area (Å²) >= 11 is 0. The summed E-state index contributed by atoms with van der Waals surface area (Å²) in [6.45, 7) is 3.63. The van der Waals surface area contributed by atoms with E-state index >= 15 is 0 Å². The minimum absolute atomic E-state index is 0.0637. The van der Waals surface area contributed by atoms with Crippen molar-refractivity contribution in [2.45, 2.75) is 31.4 Å². The van der Waals surface area contributed by atoms with Gasteiger partial charge in [0.15, 0.2) is 0 Å². The molecule has 1 rings (SSSR count). The van der Waals surface area contributed by atoms with Crippen LogP contribution in [0.15, 0.2) is 0 Å². The molecule has 0 atom stereocenters. The Hall–Kier alpha value is -0.120. The Morgan fingerprint density at radius 2 is 2.30 bits per heavy atom. The number of likely N-dealkylation sites (N-methyl/N-ethyl adjacent to an activating group) is 1. The Morgan fingerprint density at radius 1 is 1.70 bits per heavy atom. The highest BCUT2D eigenvalue weighted by Gasteiger charge is 2.41. The van der Waals surface area contributed by atoms with Gasteiger partial charge in [0.05, 0.1) is 6.10 Å². The summed E-state index contributed by atoms with van der Waals surface area (Å²) in [5, 5.41) is 12.3. The average molecular weight is 144 g/mol. The van der Waals surface area contributed by atoms with Gasteiger partial charge in [-0.25, -0.2) is 0 Å². The SMILES string of the molecule is CCNC1(CN)CC(O)C1. The smallest absolute Gasteiger partial charge is 0.0576 e. The van der Waals surface area contributed by atoms with Crippen molar-refractivity contribution in [3.63, 3.8) is 0 Å². The lowest BCUT2D eigenvalue weighted by atomic mass is 9.74. The van der Waals surface area contributed by atoms with E-state index in [0.29, 0.717) is 6.54 Å². The molecule has 0 radical (unpaired) electrons. The molecule has 1 fully saturated rings. The van der Waals surface area contributed by atoms with Crippen molar-refractivity contribution >= 4 is 0 Å². The van der Waals surface area contributed by atoms with Crippen LogP contribution in [0.4, 0.5) is 0 Å². The molecular formula is C7H16N2O. The molecule has 3 nitrogen and oxygen atoms in total. The number of rotatable bonds is 3. The van der Waals surface area contributed by atoms with Crippen LogP contribution in [-0.4, -0.2) is 29.8 Å². The normalized spacial score (nSPS) is 39.3. The zero-order valence-electron chi connectivity index (χ0n) is 6.43. The van der Waals surface area contributed by atoms with Gasteiger partial charge in [-0.1, -0.05) is 6.92 Å². The molecule has 0 bridgehead atoms. The summed E-state index contributed by atoms with van der Waals surface area (Å²) in [5.41, 5.74) is 5.61. The third-order valence-corrected chi connectivity index (χ3v) is 2.20. The number of aliphatic hydroxyl groups excluding tert-OH is 1. The molecule has 4 N–H and O–H groups in total. The fourth-order valence-electron chi connectivity index (χ4n) is 1.60. The molecule has 60 valence electrons. The Balaban J connectivity index is 2.32. The lowest BCUT2D eigenvalue weighted by Crippen LogP contribution is -2.61. The number of hydrogen-bond donors (Lipinski definition) is 3. The quantitative estimate of drug-likeness (QED) is 0.498. The van der Waals surface area contributed by atoms with Crippen LogP contribution >= 0.6 is 0 Å². The zero-order chi connectivity index (χ0) is 7.61. The molecule has 0 aromatic rings. The fourth-order valence-corrected chi connectivity index (χ4v) is 1.60. The predicted octanol–water partition coefficient (Wildman–Crippen LogP) is -0.552. The van der Waals surface area contributed by atoms with Crippen LogP contribution in [0.25, 0.3) is 0 Å². The van der Waals surface area contributed by atoms with Crippen molar-refractivity contribution in [1.29, 1.82) is 0 Å². The first-order valence-electron chi connectivity index (χ1n) is 3.85. The van der Waals surface area contributed by atoms with E-state index in [1.54, 1.807) is 0 Å². The second kappa shape index (κ2) is 2.86.